The number of aliphatic carboxylic acids is 1. The molecule has 0 aromatic carbocycles. The Morgan fingerprint density at radius 3 is 3.07 bits per heavy atom. The summed E-state index contributed by atoms with van der Waals surface area (Å²) in [7, 11) is 0. The highest BCUT2D eigenvalue weighted by Gasteiger charge is 2.46. The van der Waals surface area contributed by atoms with Crippen LogP contribution in [0.25, 0.3) is 0 Å². The van der Waals surface area contributed by atoms with Crippen molar-refractivity contribution in [2.24, 2.45) is 0 Å². The van der Waals surface area contributed by atoms with E-state index in [0.29, 0.717) is 0 Å². The van der Waals surface area contributed by atoms with Crippen LogP contribution in [0.5, 0.6) is 0 Å². The molecule has 1 aliphatic rings. The monoisotopic (exact) mass is 211 g/mol. The van der Waals surface area contributed by atoms with Crippen molar-refractivity contribution >= 4 is 5.97 Å². The maximum Gasteiger partial charge on any atom is 0.346 e. The molecule has 1 heterocycles. The molecule has 0 bridgehead atoms. The lowest BCUT2D eigenvalue weighted by Crippen LogP contribution is -2.36. The zero-order valence-electron chi connectivity index (χ0n) is 7.85. The van der Waals surface area contributed by atoms with Crippen molar-refractivity contribution in [2.75, 3.05) is 0 Å². The Morgan fingerprint density at radius 2 is 2.40 bits per heavy atom. The Morgan fingerprint density at radius 1 is 1.67 bits per heavy atom. The average molecular weight is 211 g/mol. The van der Waals surface area contributed by atoms with E-state index in [1.807, 2.05) is 0 Å². The third-order valence-corrected chi connectivity index (χ3v) is 2.68. The van der Waals surface area contributed by atoms with Gasteiger partial charge in [-0.2, -0.15) is 0 Å². The van der Waals surface area contributed by atoms with Gasteiger partial charge in [0.15, 0.2) is 0 Å². The number of carbonyl (C=O) groups is 1. The zero-order valence-corrected chi connectivity index (χ0v) is 7.85. The molecule has 1 aliphatic carbocycles. The number of rotatable bonds is 1. The molecule has 15 heavy (non-hydrogen) atoms. The second kappa shape index (κ2) is 3.27. The minimum Gasteiger partial charge on any atom is -0.479 e. The summed E-state index contributed by atoms with van der Waals surface area (Å²) >= 11 is 0. The van der Waals surface area contributed by atoms with Crippen molar-refractivity contribution in [1.82, 2.24) is 4.98 Å². The quantitative estimate of drug-likeness (QED) is 0.731. The molecule has 4 nitrogen and oxygen atoms in total. The van der Waals surface area contributed by atoms with E-state index in [4.69, 9.17) is 5.11 Å². The summed E-state index contributed by atoms with van der Waals surface area (Å²) in [6, 6.07) is 2.83. The molecule has 2 atom stereocenters. The Kier molecular flexibility index (Phi) is 2.19. The number of aliphatic hydroxyl groups is 1. The number of hydrogen-bond acceptors (Lipinski definition) is 3. The van der Waals surface area contributed by atoms with Crippen LogP contribution in [-0.4, -0.2) is 21.2 Å². The fraction of sp³-hybridized carbons (Fsp3) is 0.400. The number of carboxylic acid groups (broad SMARTS) is 1. The highest BCUT2D eigenvalue weighted by molar-refractivity contribution is 5.80. The van der Waals surface area contributed by atoms with Crippen LogP contribution >= 0.6 is 0 Å². The van der Waals surface area contributed by atoms with Gasteiger partial charge in [0.05, 0.1) is 11.8 Å². The Hall–Kier alpha value is -1.49. The Labute approximate surface area is 85.4 Å². The van der Waals surface area contributed by atoms with Crippen LogP contribution in [0.2, 0.25) is 0 Å². The highest BCUT2D eigenvalue weighted by atomic mass is 19.1. The van der Waals surface area contributed by atoms with E-state index in [-0.39, 0.29) is 24.1 Å². The van der Waals surface area contributed by atoms with E-state index in [1.165, 1.54) is 18.3 Å². The van der Waals surface area contributed by atoms with E-state index in [9.17, 15) is 14.3 Å². The maximum atomic E-state index is 14.1. The number of carboxylic acids is 1. The summed E-state index contributed by atoms with van der Waals surface area (Å²) in [6.07, 6.45) is 0.398. The zero-order chi connectivity index (χ0) is 11.1. The lowest BCUT2D eigenvalue weighted by molar-refractivity contribution is -0.153. The number of pyridine rings is 1. The first-order valence-corrected chi connectivity index (χ1v) is 4.61. The van der Waals surface area contributed by atoms with Gasteiger partial charge in [-0.3, -0.25) is 4.98 Å². The molecular formula is C10H10FNO3. The van der Waals surface area contributed by atoms with Crippen LogP contribution in [0, 0.1) is 0 Å². The van der Waals surface area contributed by atoms with E-state index >= 15 is 0 Å². The Balaban J connectivity index is 2.58. The van der Waals surface area contributed by atoms with Crippen LogP contribution in [0.3, 0.4) is 0 Å². The fourth-order valence-electron chi connectivity index (χ4n) is 1.85. The largest absolute Gasteiger partial charge is 0.479 e. The number of fused-ring (bicyclic) bond motifs is 1. The van der Waals surface area contributed by atoms with Gasteiger partial charge in [-0.1, -0.05) is 6.07 Å². The van der Waals surface area contributed by atoms with Crippen LogP contribution in [0.15, 0.2) is 18.3 Å². The van der Waals surface area contributed by atoms with Crippen LogP contribution in [-0.2, 0) is 10.5 Å². The molecule has 0 amide bonds. The maximum absolute atomic E-state index is 14.1. The summed E-state index contributed by atoms with van der Waals surface area (Å²) in [5.74, 6) is -1.52. The lowest BCUT2D eigenvalue weighted by Gasteiger charge is -2.30. The second-order valence-corrected chi connectivity index (χ2v) is 3.60. The molecule has 0 aliphatic heterocycles. The van der Waals surface area contributed by atoms with E-state index in [1.54, 1.807) is 0 Å². The van der Waals surface area contributed by atoms with E-state index in [0.717, 1.165) is 0 Å². The average Bonchev–Trinajstić information content (AvgIpc) is 2.24. The van der Waals surface area contributed by atoms with Crippen molar-refractivity contribution in [1.29, 1.82) is 0 Å². The topological polar surface area (TPSA) is 70.4 Å². The van der Waals surface area contributed by atoms with Crippen LogP contribution in [0.1, 0.15) is 30.2 Å². The predicted octanol–water partition coefficient (Wildman–Crippen LogP) is 1.16. The molecule has 5 heteroatoms. The van der Waals surface area contributed by atoms with Crippen molar-refractivity contribution < 1.29 is 19.4 Å². The van der Waals surface area contributed by atoms with Gasteiger partial charge >= 0.3 is 5.97 Å². The lowest BCUT2D eigenvalue weighted by atomic mass is 9.81. The van der Waals surface area contributed by atoms with Gasteiger partial charge in [-0.25, -0.2) is 9.18 Å². The molecule has 0 unspecified atom stereocenters. The molecule has 0 saturated carbocycles. The molecule has 1 aromatic heterocycles. The predicted molar refractivity (Wildman–Crippen MR) is 48.9 cm³/mol. The summed E-state index contributed by atoms with van der Waals surface area (Å²) in [4.78, 5) is 14.7. The number of halogens is 1. The third kappa shape index (κ3) is 1.39. The number of nitrogens with zero attached hydrogens (tertiary/aromatic N) is 1. The molecule has 2 N–H and O–H groups in total. The molecule has 1 aromatic rings. The summed E-state index contributed by atoms with van der Waals surface area (Å²) in [6.45, 7) is 0. The van der Waals surface area contributed by atoms with E-state index in [2.05, 4.69) is 4.98 Å². The van der Waals surface area contributed by atoms with Crippen molar-refractivity contribution in [3.05, 3.63) is 29.6 Å². The minimum absolute atomic E-state index is 0.0312. The highest BCUT2D eigenvalue weighted by Crippen LogP contribution is 2.42. The number of aliphatic hydroxyl groups excluding tert-OH is 1. The molecule has 0 fully saturated rings. The molecule has 0 saturated heterocycles. The number of aromatic nitrogens is 1. The van der Waals surface area contributed by atoms with Gasteiger partial charge in [0.25, 0.3) is 0 Å². The van der Waals surface area contributed by atoms with Gasteiger partial charge in [0, 0.05) is 11.8 Å². The first-order valence-electron chi connectivity index (χ1n) is 4.61. The number of alkyl halides is 1. The SMILES string of the molecule is O=C(O)[C@]1(F)CC[C@H](O)c2ncccc21. The minimum atomic E-state index is -2.41. The fourth-order valence-corrected chi connectivity index (χ4v) is 1.85. The summed E-state index contributed by atoms with van der Waals surface area (Å²) in [5.41, 5.74) is -2.31. The smallest absolute Gasteiger partial charge is 0.346 e. The summed E-state index contributed by atoms with van der Waals surface area (Å²) < 4.78 is 14.1. The van der Waals surface area contributed by atoms with Gasteiger partial charge in [0.2, 0.25) is 5.67 Å². The standard InChI is InChI=1S/C10H10FNO3/c11-10(9(14)15)4-3-7(13)8-6(10)2-1-5-12-8/h1-2,5,7,13H,3-4H2,(H,14,15)/t7-,10-/m0/s1. The molecular weight excluding hydrogens is 201 g/mol. The molecule has 80 valence electrons. The Bertz CT molecular complexity index is 409. The first kappa shape index (κ1) is 10.0. The van der Waals surface area contributed by atoms with Gasteiger partial charge in [0.1, 0.15) is 0 Å². The second-order valence-electron chi connectivity index (χ2n) is 3.60. The van der Waals surface area contributed by atoms with Gasteiger partial charge in [-0.15, -0.1) is 0 Å². The summed E-state index contributed by atoms with van der Waals surface area (Å²) in [5, 5.41) is 18.4. The molecule has 0 radical (unpaired) electrons. The third-order valence-electron chi connectivity index (χ3n) is 2.68. The van der Waals surface area contributed by atoms with E-state index < -0.39 is 17.7 Å². The molecule has 0 spiro atoms. The molecule has 2 rings (SSSR count). The number of hydrogen-bond donors (Lipinski definition) is 2. The van der Waals surface area contributed by atoms with Gasteiger partial charge in [-0.05, 0) is 18.9 Å². The van der Waals surface area contributed by atoms with Crippen molar-refractivity contribution in [3.8, 4) is 0 Å². The van der Waals surface area contributed by atoms with Gasteiger partial charge < -0.3 is 10.2 Å². The van der Waals surface area contributed by atoms with Crippen LogP contribution < -0.4 is 0 Å². The normalized spacial score (nSPS) is 29.6. The van der Waals surface area contributed by atoms with Crippen LogP contribution in [0.4, 0.5) is 4.39 Å². The van der Waals surface area contributed by atoms with Crippen molar-refractivity contribution in [2.45, 2.75) is 24.6 Å². The first-order chi connectivity index (χ1) is 7.05. The van der Waals surface area contributed by atoms with Crippen molar-refractivity contribution in [3.63, 3.8) is 0 Å².